The summed E-state index contributed by atoms with van der Waals surface area (Å²) in [7, 11) is 3.31. The number of methoxy groups -OCH3 is 2. The van der Waals surface area contributed by atoms with Gasteiger partial charge in [-0.3, -0.25) is 4.98 Å². The van der Waals surface area contributed by atoms with Gasteiger partial charge in [0.05, 0.1) is 26.1 Å². The predicted molar refractivity (Wildman–Crippen MR) is 104 cm³/mol. The molecule has 1 aromatic heterocycles. The van der Waals surface area contributed by atoms with E-state index < -0.39 is 0 Å². The minimum Gasteiger partial charge on any atom is -0.496 e. The number of pyridine rings is 1. The Morgan fingerprint density at radius 1 is 0.962 bits per heavy atom. The van der Waals surface area contributed by atoms with Gasteiger partial charge in [0, 0.05) is 18.2 Å². The highest BCUT2D eigenvalue weighted by Gasteiger charge is 2.10. The van der Waals surface area contributed by atoms with Crippen LogP contribution in [0.15, 0.2) is 66.9 Å². The van der Waals surface area contributed by atoms with E-state index in [1.165, 1.54) is 11.1 Å². The topological polar surface area (TPSA) is 43.4 Å². The fourth-order valence-electron chi connectivity index (χ4n) is 2.86. The SMILES string of the molecule is COc1ccc(-c2cc(CNC(C)c3ccccc3)ccc2OC)nc1. The molecule has 4 nitrogen and oxygen atoms in total. The van der Waals surface area contributed by atoms with Gasteiger partial charge in [0.2, 0.25) is 0 Å². The second-order valence-electron chi connectivity index (χ2n) is 6.13. The van der Waals surface area contributed by atoms with Crippen molar-refractivity contribution in [3.8, 4) is 22.8 Å². The zero-order valence-electron chi connectivity index (χ0n) is 15.4. The Bertz CT molecular complexity index is 833. The molecule has 3 aromatic rings. The number of nitrogens with one attached hydrogen (secondary N) is 1. The zero-order chi connectivity index (χ0) is 18.4. The molecule has 0 aliphatic heterocycles. The van der Waals surface area contributed by atoms with E-state index in [2.05, 4.69) is 53.6 Å². The first-order valence-electron chi connectivity index (χ1n) is 8.67. The molecule has 134 valence electrons. The van der Waals surface area contributed by atoms with Crippen LogP contribution < -0.4 is 14.8 Å². The van der Waals surface area contributed by atoms with E-state index >= 15 is 0 Å². The summed E-state index contributed by atoms with van der Waals surface area (Å²) in [6.07, 6.45) is 1.72. The average molecular weight is 348 g/mol. The van der Waals surface area contributed by atoms with Crippen molar-refractivity contribution >= 4 is 0 Å². The molecule has 0 bridgehead atoms. The highest BCUT2D eigenvalue weighted by molar-refractivity contribution is 5.68. The van der Waals surface area contributed by atoms with E-state index in [-0.39, 0.29) is 6.04 Å². The summed E-state index contributed by atoms with van der Waals surface area (Å²) in [6, 6.07) is 20.8. The van der Waals surface area contributed by atoms with Gasteiger partial charge in [0.25, 0.3) is 0 Å². The molecule has 0 aliphatic rings. The average Bonchev–Trinajstić information content (AvgIpc) is 2.72. The standard InChI is InChI=1S/C22H24N2O2/c1-16(18-7-5-4-6-8-18)23-14-17-9-12-22(26-3)20(13-17)21-11-10-19(25-2)15-24-21/h4-13,15-16,23H,14H2,1-3H3. The quantitative estimate of drug-likeness (QED) is 0.677. The van der Waals surface area contributed by atoms with Crippen molar-refractivity contribution in [1.29, 1.82) is 0 Å². The Kier molecular flexibility index (Phi) is 5.87. The fourth-order valence-corrected chi connectivity index (χ4v) is 2.86. The van der Waals surface area contributed by atoms with Crippen molar-refractivity contribution in [2.45, 2.75) is 19.5 Å². The van der Waals surface area contributed by atoms with Crippen LogP contribution in [0.1, 0.15) is 24.1 Å². The van der Waals surface area contributed by atoms with Crippen molar-refractivity contribution in [2.75, 3.05) is 14.2 Å². The lowest BCUT2D eigenvalue weighted by Crippen LogP contribution is -2.18. The maximum absolute atomic E-state index is 5.51. The van der Waals surface area contributed by atoms with Crippen LogP contribution in [0, 0.1) is 0 Å². The van der Waals surface area contributed by atoms with Crippen molar-refractivity contribution in [3.05, 3.63) is 78.0 Å². The third-order valence-corrected chi connectivity index (χ3v) is 4.42. The molecule has 2 aromatic carbocycles. The van der Waals surface area contributed by atoms with Crippen LogP contribution in [0.5, 0.6) is 11.5 Å². The van der Waals surface area contributed by atoms with Crippen molar-refractivity contribution in [1.82, 2.24) is 10.3 Å². The van der Waals surface area contributed by atoms with Gasteiger partial charge in [0.15, 0.2) is 0 Å². The van der Waals surface area contributed by atoms with Gasteiger partial charge in [-0.05, 0) is 42.3 Å². The highest BCUT2D eigenvalue weighted by atomic mass is 16.5. The molecule has 0 saturated carbocycles. The maximum atomic E-state index is 5.51. The number of aromatic nitrogens is 1. The first-order chi connectivity index (χ1) is 12.7. The molecule has 1 atom stereocenters. The third kappa shape index (κ3) is 4.21. The predicted octanol–water partition coefficient (Wildman–Crippen LogP) is 4.62. The van der Waals surface area contributed by atoms with E-state index in [0.717, 1.165) is 29.3 Å². The lowest BCUT2D eigenvalue weighted by atomic mass is 10.0. The molecule has 26 heavy (non-hydrogen) atoms. The van der Waals surface area contributed by atoms with Crippen LogP contribution in [0.4, 0.5) is 0 Å². The summed E-state index contributed by atoms with van der Waals surface area (Å²) in [6.45, 7) is 2.94. The van der Waals surface area contributed by atoms with Gasteiger partial charge in [-0.2, -0.15) is 0 Å². The van der Waals surface area contributed by atoms with E-state index in [1.807, 2.05) is 24.3 Å². The Balaban J connectivity index is 1.78. The van der Waals surface area contributed by atoms with Crippen LogP contribution >= 0.6 is 0 Å². The summed E-state index contributed by atoms with van der Waals surface area (Å²) in [5, 5.41) is 3.57. The molecular formula is C22H24N2O2. The molecule has 1 N–H and O–H groups in total. The van der Waals surface area contributed by atoms with E-state index in [9.17, 15) is 0 Å². The van der Waals surface area contributed by atoms with Crippen LogP contribution in [0.3, 0.4) is 0 Å². The number of nitrogens with zero attached hydrogens (tertiary/aromatic N) is 1. The Labute approximate surface area is 154 Å². The molecule has 0 amide bonds. The first kappa shape index (κ1) is 18.0. The number of benzene rings is 2. The summed E-state index contributed by atoms with van der Waals surface area (Å²) in [5.41, 5.74) is 4.29. The minimum absolute atomic E-state index is 0.279. The number of rotatable bonds is 7. The van der Waals surface area contributed by atoms with Crippen LogP contribution in [-0.2, 0) is 6.54 Å². The van der Waals surface area contributed by atoms with Gasteiger partial charge in [0.1, 0.15) is 11.5 Å². The van der Waals surface area contributed by atoms with Crippen molar-refractivity contribution < 1.29 is 9.47 Å². The summed E-state index contributed by atoms with van der Waals surface area (Å²) >= 11 is 0. The fraction of sp³-hybridized carbons (Fsp3) is 0.227. The number of ether oxygens (including phenoxy) is 2. The van der Waals surface area contributed by atoms with E-state index in [1.54, 1.807) is 20.4 Å². The van der Waals surface area contributed by atoms with Crippen LogP contribution in [0.25, 0.3) is 11.3 Å². The Hall–Kier alpha value is -2.85. The molecule has 0 aliphatic carbocycles. The molecule has 3 rings (SSSR count). The van der Waals surface area contributed by atoms with Gasteiger partial charge in [-0.1, -0.05) is 36.4 Å². The molecule has 0 fully saturated rings. The third-order valence-electron chi connectivity index (χ3n) is 4.42. The molecule has 1 heterocycles. The summed E-state index contributed by atoms with van der Waals surface area (Å²) in [5.74, 6) is 1.55. The van der Waals surface area contributed by atoms with Crippen LogP contribution in [-0.4, -0.2) is 19.2 Å². The van der Waals surface area contributed by atoms with Crippen molar-refractivity contribution in [3.63, 3.8) is 0 Å². The Morgan fingerprint density at radius 2 is 1.77 bits per heavy atom. The highest BCUT2D eigenvalue weighted by Crippen LogP contribution is 2.30. The van der Waals surface area contributed by atoms with E-state index in [0.29, 0.717) is 0 Å². The minimum atomic E-state index is 0.279. The van der Waals surface area contributed by atoms with Crippen LogP contribution in [0.2, 0.25) is 0 Å². The van der Waals surface area contributed by atoms with E-state index in [4.69, 9.17) is 9.47 Å². The molecular weight excluding hydrogens is 324 g/mol. The van der Waals surface area contributed by atoms with Crippen molar-refractivity contribution in [2.24, 2.45) is 0 Å². The smallest absolute Gasteiger partial charge is 0.137 e. The first-order valence-corrected chi connectivity index (χ1v) is 8.67. The second kappa shape index (κ2) is 8.50. The second-order valence-corrected chi connectivity index (χ2v) is 6.13. The molecule has 0 saturated heterocycles. The zero-order valence-corrected chi connectivity index (χ0v) is 15.4. The maximum Gasteiger partial charge on any atom is 0.137 e. The Morgan fingerprint density at radius 3 is 2.42 bits per heavy atom. The normalized spacial score (nSPS) is 11.8. The van der Waals surface area contributed by atoms with Gasteiger partial charge >= 0.3 is 0 Å². The monoisotopic (exact) mass is 348 g/mol. The molecule has 1 unspecified atom stereocenters. The van der Waals surface area contributed by atoms with Gasteiger partial charge in [-0.25, -0.2) is 0 Å². The molecule has 4 heteroatoms. The summed E-state index contributed by atoms with van der Waals surface area (Å²) < 4.78 is 10.7. The van der Waals surface area contributed by atoms with Gasteiger partial charge < -0.3 is 14.8 Å². The lowest BCUT2D eigenvalue weighted by molar-refractivity contribution is 0.412. The largest absolute Gasteiger partial charge is 0.496 e. The summed E-state index contributed by atoms with van der Waals surface area (Å²) in [4.78, 5) is 4.49. The number of hydrogen-bond donors (Lipinski definition) is 1. The van der Waals surface area contributed by atoms with Gasteiger partial charge in [-0.15, -0.1) is 0 Å². The molecule has 0 spiro atoms. The molecule has 0 radical (unpaired) electrons. The lowest BCUT2D eigenvalue weighted by Gasteiger charge is -2.16. The number of hydrogen-bond acceptors (Lipinski definition) is 4.